The first-order valence-electron chi connectivity index (χ1n) is 8.96. The van der Waals surface area contributed by atoms with Gasteiger partial charge in [0.05, 0.1) is 23.0 Å². The molecule has 0 aliphatic carbocycles. The molecule has 1 aromatic heterocycles. The van der Waals surface area contributed by atoms with E-state index in [0.717, 1.165) is 34.0 Å². The number of aromatic nitrogens is 1. The van der Waals surface area contributed by atoms with E-state index >= 15 is 0 Å². The lowest BCUT2D eigenvalue weighted by atomic mass is 9.93. The van der Waals surface area contributed by atoms with Crippen molar-refractivity contribution < 1.29 is 9.47 Å². The summed E-state index contributed by atoms with van der Waals surface area (Å²) in [6.07, 6.45) is 1.84. The fourth-order valence-electron chi connectivity index (χ4n) is 3.90. The maximum Gasteiger partial charge on any atom is 0.165 e. The number of hydrogen-bond donors (Lipinski definition) is 0. The smallest absolute Gasteiger partial charge is 0.165 e. The van der Waals surface area contributed by atoms with E-state index in [1.54, 1.807) is 6.07 Å². The van der Waals surface area contributed by atoms with Gasteiger partial charge in [-0.2, -0.15) is 5.26 Å². The fraction of sp³-hybridized carbons (Fsp3) is 0.174. The van der Waals surface area contributed by atoms with Crippen LogP contribution in [0.5, 0.6) is 5.75 Å². The largest absolute Gasteiger partial charge is 0.479 e. The number of nitriles is 1. The van der Waals surface area contributed by atoms with Gasteiger partial charge in [-0.05, 0) is 49.7 Å². The molecule has 27 heavy (non-hydrogen) atoms. The van der Waals surface area contributed by atoms with Crippen LogP contribution in [0.3, 0.4) is 0 Å². The van der Waals surface area contributed by atoms with Gasteiger partial charge in [-0.3, -0.25) is 0 Å². The zero-order valence-electron chi connectivity index (χ0n) is 15.1. The molecule has 2 aliphatic heterocycles. The second-order valence-electron chi connectivity index (χ2n) is 7.32. The molecular weight excluding hydrogens is 336 g/mol. The summed E-state index contributed by atoms with van der Waals surface area (Å²) >= 11 is 0. The molecule has 1 atom stereocenters. The molecule has 2 aliphatic rings. The van der Waals surface area contributed by atoms with Crippen LogP contribution in [0.4, 0.5) is 0 Å². The predicted molar refractivity (Wildman–Crippen MR) is 102 cm³/mol. The fourth-order valence-corrected chi connectivity index (χ4v) is 3.90. The standard InChI is InChI=1S/C23H18N2O2/c1-23(2)22-20(17-13-15(14-24)10-11-19(17)27-23)25-12-6-9-18(25)21(26-22)16-7-4-3-5-8-16/h3-13,21H,1-2H3. The Labute approximate surface area is 157 Å². The van der Waals surface area contributed by atoms with Crippen LogP contribution in [0.1, 0.15) is 42.3 Å². The van der Waals surface area contributed by atoms with E-state index in [0.29, 0.717) is 5.56 Å². The van der Waals surface area contributed by atoms with Gasteiger partial charge in [-0.1, -0.05) is 30.3 Å². The zero-order chi connectivity index (χ0) is 18.6. The van der Waals surface area contributed by atoms with E-state index in [9.17, 15) is 5.26 Å². The van der Waals surface area contributed by atoms with Crippen LogP contribution in [-0.4, -0.2) is 10.2 Å². The number of hydrogen-bond acceptors (Lipinski definition) is 3. The molecule has 132 valence electrons. The second-order valence-corrected chi connectivity index (χ2v) is 7.32. The molecule has 0 saturated carbocycles. The quantitative estimate of drug-likeness (QED) is 0.626. The maximum absolute atomic E-state index is 9.34. The third-order valence-electron chi connectivity index (χ3n) is 5.12. The summed E-state index contributed by atoms with van der Waals surface area (Å²) in [5.74, 6) is 1.54. The van der Waals surface area contributed by atoms with Crippen LogP contribution in [0.25, 0.3) is 5.70 Å². The maximum atomic E-state index is 9.34. The normalized spacial score (nSPS) is 19.1. The Kier molecular flexibility index (Phi) is 3.23. The van der Waals surface area contributed by atoms with Gasteiger partial charge >= 0.3 is 0 Å². The first-order valence-corrected chi connectivity index (χ1v) is 8.96. The van der Waals surface area contributed by atoms with Crippen LogP contribution in [0.2, 0.25) is 0 Å². The molecule has 0 saturated heterocycles. The summed E-state index contributed by atoms with van der Waals surface area (Å²) in [4.78, 5) is 0. The highest BCUT2D eigenvalue weighted by molar-refractivity contribution is 5.78. The molecule has 4 heteroatoms. The molecule has 0 spiro atoms. The number of rotatable bonds is 1. The van der Waals surface area contributed by atoms with Gasteiger partial charge in [0.25, 0.3) is 0 Å². The van der Waals surface area contributed by atoms with Crippen molar-refractivity contribution in [2.24, 2.45) is 0 Å². The van der Waals surface area contributed by atoms with Crippen molar-refractivity contribution in [1.29, 1.82) is 5.26 Å². The van der Waals surface area contributed by atoms with Crippen LogP contribution < -0.4 is 4.74 Å². The van der Waals surface area contributed by atoms with Crippen LogP contribution in [0.15, 0.2) is 72.6 Å². The third-order valence-corrected chi connectivity index (χ3v) is 5.12. The molecule has 1 unspecified atom stereocenters. The van der Waals surface area contributed by atoms with Crippen molar-refractivity contribution in [2.75, 3.05) is 0 Å². The minimum atomic E-state index is -0.620. The minimum absolute atomic E-state index is 0.205. The van der Waals surface area contributed by atoms with Crippen molar-refractivity contribution in [3.05, 3.63) is 95.0 Å². The van der Waals surface area contributed by atoms with Gasteiger partial charge in [-0.25, -0.2) is 0 Å². The van der Waals surface area contributed by atoms with Crippen molar-refractivity contribution >= 4 is 5.70 Å². The Bertz CT molecular complexity index is 1120. The van der Waals surface area contributed by atoms with Gasteiger partial charge < -0.3 is 14.0 Å². The Morgan fingerprint density at radius 3 is 2.63 bits per heavy atom. The third kappa shape index (κ3) is 2.29. The summed E-state index contributed by atoms with van der Waals surface area (Å²) in [5, 5.41) is 9.34. The molecule has 0 fully saturated rings. The van der Waals surface area contributed by atoms with E-state index in [1.165, 1.54) is 0 Å². The molecule has 3 aromatic rings. The van der Waals surface area contributed by atoms with E-state index in [1.807, 2.05) is 56.4 Å². The molecule has 0 radical (unpaired) electrons. The van der Waals surface area contributed by atoms with Gasteiger partial charge in [-0.15, -0.1) is 0 Å². The first-order chi connectivity index (χ1) is 13.1. The lowest BCUT2D eigenvalue weighted by molar-refractivity contribution is 0.0242. The topological polar surface area (TPSA) is 47.2 Å². The molecule has 4 nitrogen and oxygen atoms in total. The lowest BCUT2D eigenvalue weighted by Gasteiger charge is -2.41. The molecule has 5 rings (SSSR count). The summed E-state index contributed by atoms with van der Waals surface area (Å²) in [7, 11) is 0. The highest BCUT2D eigenvalue weighted by Crippen LogP contribution is 2.48. The Hall–Kier alpha value is -3.45. The van der Waals surface area contributed by atoms with Gasteiger partial charge in [0, 0.05) is 11.8 Å². The van der Waals surface area contributed by atoms with Crippen LogP contribution >= 0.6 is 0 Å². The van der Waals surface area contributed by atoms with E-state index in [2.05, 4.69) is 28.8 Å². The summed E-state index contributed by atoms with van der Waals surface area (Å²) in [6.45, 7) is 4.03. The number of nitrogens with zero attached hydrogens (tertiary/aromatic N) is 2. The van der Waals surface area contributed by atoms with Gasteiger partial charge in [0.1, 0.15) is 5.75 Å². The Morgan fingerprint density at radius 2 is 1.85 bits per heavy atom. The SMILES string of the molecule is CC1(C)Oc2ccc(C#N)cc2C2=C1OC(c1ccccc1)c1cccn12. The number of benzene rings is 2. The average Bonchev–Trinajstić information content (AvgIpc) is 3.17. The highest BCUT2D eigenvalue weighted by Gasteiger charge is 2.43. The number of fused-ring (bicyclic) bond motifs is 4. The molecule has 0 amide bonds. The van der Waals surface area contributed by atoms with Crippen molar-refractivity contribution in [2.45, 2.75) is 25.6 Å². The van der Waals surface area contributed by atoms with Crippen LogP contribution in [-0.2, 0) is 4.74 Å². The summed E-state index contributed by atoms with van der Waals surface area (Å²) < 4.78 is 15.0. The lowest BCUT2D eigenvalue weighted by Crippen LogP contribution is -2.40. The monoisotopic (exact) mass is 354 g/mol. The van der Waals surface area contributed by atoms with Crippen molar-refractivity contribution in [1.82, 2.24) is 4.57 Å². The van der Waals surface area contributed by atoms with E-state index in [4.69, 9.17) is 9.47 Å². The highest BCUT2D eigenvalue weighted by atomic mass is 16.6. The molecule has 2 aromatic carbocycles. The second kappa shape index (κ2) is 5.52. The van der Waals surface area contributed by atoms with Crippen molar-refractivity contribution in [3.8, 4) is 11.8 Å². The predicted octanol–water partition coefficient (Wildman–Crippen LogP) is 4.87. The average molecular weight is 354 g/mol. The zero-order valence-corrected chi connectivity index (χ0v) is 15.1. The summed E-state index contributed by atoms with van der Waals surface area (Å²) in [6, 6.07) is 22.0. The van der Waals surface area contributed by atoms with Crippen molar-refractivity contribution in [3.63, 3.8) is 0 Å². The molecule has 3 heterocycles. The minimum Gasteiger partial charge on any atom is -0.479 e. The van der Waals surface area contributed by atoms with Gasteiger partial charge in [0.2, 0.25) is 0 Å². The van der Waals surface area contributed by atoms with E-state index in [-0.39, 0.29) is 6.10 Å². The molecular formula is C23H18N2O2. The summed E-state index contributed by atoms with van der Waals surface area (Å²) in [5.41, 5.74) is 3.97. The molecule has 0 bridgehead atoms. The molecule has 0 N–H and O–H groups in total. The Balaban J connectivity index is 1.77. The van der Waals surface area contributed by atoms with Gasteiger partial charge in [0.15, 0.2) is 17.5 Å². The Morgan fingerprint density at radius 1 is 1.04 bits per heavy atom. The first kappa shape index (κ1) is 15.8. The number of ether oxygens (including phenoxy) is 2. The van der Waals surface area contributed by atoms with E-state index < -0.39 is 5.60 Å². The van der Waals surface area contributed by atoms with Crippen LogP contribution in [0, 0.1) is 11.3 Å².